The molecule has 1 fully saturated rings. The van der Waals surface area contributed by atoms with Crippen molar-refractivity contribution in [1.82, 2.24) is 15.1 Å². The number of thiophene rings is 1. The lowest BCUT2D eigenvalue weighted by Gasteiger charge is -2.30. The maximum absolute atomic E-state index is 4.40. The van der Waals surface area contributed by atoms with Gasteiger partial charge < -0.3 is 15.1 Å². The Hall–Kier alpha value is -1.07. The maximum atomic E-state index is 4.40. The Kier molecular flexibility index (Phi) is 7.89. The largest absolute Gasteiger partial charge is 0.356 e. The highest BCUT2D eigenvalue weighted by Crippen LogP contribution is 2.15. The number of likely N-dealkylation sites (tertiary alicyclic amines) is 1. The van der Waals surface area contributed by atoms with E-state index in [9.17, 15) is 0 Å². The van der Waals surface area contributed by atoms with E-state index in [1.165, 1.54) is 43.8 Å². The number of hydrogen-bond acceptors (Lipinski definition) is 3. The van der Waals surface area contributed by atoms with Crippen LogP contribution in [0, 0.1) is 5.92 Å². The van der Waals surface area contributed by atoms with Gasteiger partial charge in [-0.05, 0) is 62.7 Å². The second kappa shape index (κ2) is 9.93. The third-order valence-electron chi connectivity index (χ3n) is 4.66. The normalized spacial score (nSPS) is 17.4. The van der Waals surface area contributed by atoms with Crippen molar-refractivity contribution in [3.05, 3.63) is 22.4 Å². The van der Waals surface area contributed by atoms with Crippen molar-refractivity contribution in [2.75, 3.05) is 46.8 Å². The van der Waals surface area contributed by atoms with Gasteiger partial charge in [0.05, 0.1) is 0 Å². The van der Waals surface area contributed by atoms with Crippen molar-refractivity contribution in [3.63, 3.8) is 0 Å². The van der Waals surface area contributed by atoms with Crippen LogP contribution in [0.1, 0.15) is 31.1 Å². The summed E-state index contributed by atoms with van der Waals surface area (Å²) < 4.78 is 0. The third-order valence-corrected chi connectivity index (χ3v) is 5.59. The van der Waals surface area contributed by atoms with E-state index in [1.54, 1.807) is 0 Å². The van der Waals surface area contributed by atoms with Crippen LogP contribution in [-0.4, -0.2) is 62.6 Å². The number of aliphatic imine (C=N–C) groups is 1. The molecule has 0 aliphatic carbocycles. The number of guanidine groups is 1. The first kappa shape index (κ1) is 18.3. The van der Waals surface area contributed by atoms with E-state index in [-0.39, 0.29) is 0 Å². The first-order valence-corrected chi connectivity index (χ1v) is 9.73. The molecule has 0 saturated carbocycles. The van der Waals surface area contributed by atoms with Gasteiger partial charge in [0.25, 0.3) is 0 Å². The summed E-state index contributed by atoms with van der Waals surface area (Å²) in [6.45, 7) is 8.13. The molecule has 1 aromatic rings. The lowest BCUT2D eigenvalue weighted by molar-refractivity contribution is 0.191. The summed E-state index contributed by atoms with van der Waals surface area (Å²) in [6, 6.07) is 4.32. The predicted molar refractivity (Wildman–Crippen MR) is 101 cm³/mol. The molecule has 23 heavy (non-hydrogen) atoms. The SMILES string of the molecule is CN=C(NCCCN1CCC(C)CC1)N(C)CCc1cccs1. The van der Waals surface area contributed by atoms with E-state index in [4.69, 9.17) is 0 Å². The van der Waals surface area contributed by atoms with E-state index >= 15 is 0 Å². The van der Waals surface area contributed by atoms with Gasteiger partial charge in [0, 0.05) is 32.1 Å². The van der Waals surface area contributed by atoms with Crippen LogP contribution in [0.25, 0.3) is 0 Å². The lowest BCUT2D eigenvalue weighted by atomic mass is 9.99. The van der Waals surface area contributed by atoms with Crippen LogP contribution >= 0.6 is 11.3 Å². The van der Waals surface area contributed by atoms with Crippen molar-refractivity contribution in [2.24, 2.45) is 10.9 Å². The number of nitrogens with zero attached hydrogens (tertiary/aromatic N) is 3. The Morgan fingerprint density at radius 3 is 2.87 bits per heavy atom. The molecule has 1 N–H and O–H groups in total. The molecule has 0 atom stereocenters. The third kappa shape index (κ3) is 6.51. The molecule has 4 nitrogen and oxygen atoms in total. The van der Waals surface area contributed by atoms with Crippen molar-refractivity contribution in [2.45, 2.75) is 32.6 Å². The van der Waals surface area contributed by atoms with E-state index in [1.807, 2.05) is 18.4 Å². The standard InChI is InChI=1S/C18H32N4S/c1-16-7-13-22(14-8-16)11-5-10-20-18(19-2)21(3)12-9-17-6-4-15-23-17/h4,6,15-16H,5,7-14H2,1-3H3,(H,19,20). The van der Waals surface area contributed by atoms with Crippen LogP contribution in [-0.2, 0) is 6.42 Å². The zero-order valence-corrected chi connectivity index (χ0v) is 15.7. The zero-order chi connectivity index (χ0) is 16.5. The molecule has 130 valence electrons. The van der Waals surface area contributed by atoms with E-state index < -0.39 is 0 Å². The number of likely N-dealkylation sites (N-methyl/N-ethyl adjacent to an activating group) is 1. The number of nitrogens with one attached hydrogen (secondary N) is 1. The van der Waals surface area contributed by atoms with E-state index in [0.717, 1.165) is 31.4 Å². The number of piperidine rings is 1. The summed E-state index contributed by atoms with van der Waals surface area (Å²) in [7, 11) is 3.99. The summed E-state index contributed by atoms with van der Waals surface area (Å²) >= 11 is 1.83. The summed E-state index contributed by atoms with van der Waals surface area (Å²) in [5, 5.41) is 5.64. The Morgan fingerprint density at radius 2 is 2.22 bits per heavy atom. The van der Waals surface area contributed by atoms with Crippen molar-refractivity contribution in [3.8, 4) is 0 Å². The summed E-state index contributed by atoms with van der Waals surface area (Å²) in [4.78, 5) is 10.7. The van der Waals surface area contributed by atoms with Gasteiger partial charge in [-0.2, -0.15) is 0 Å². The van der Waals surface area contributed by atoms with Crippen molar-refractivity contribution < 1.29 is 0 Å². The fraction of sp³-hybridized carbons (Fsp3) is 0.722. The summed E-state index contributed by atoms with van der Waals surface area (Å²) in [5.74, 6) is 1.93. The number of hydrogen-bond donors (Lipinski definition) is 1. The average molecular weight is 337 g/mol. The van der Waals surface area contributed by atoms with Crippen LogP contribution in [0.5, 0.6) is 0 Å². The van der Waals surface area contributed by atoms with Gasteiger partial charge in [-0.15, -0.1) is 11.3 Å². The van der Waals surface area contributed by atoms with Gasteiger partial charge in [0.2, 0.25) is 0 Å². The molecular weight excluding hydrogens is 304 g/mol. The minimum absolute atomic E-state index is 0.917. The molecule has 0 unspecified atom stereocenters. The zero-order valence-electron chi connectivity index (χ0n) is 14.9. The second-order valence-electron chi connectivity index (χ2n) is 6.60. The van der Waals surface area contributed by atoms with Crippen LogP contribution in [0.2, 0.25) is 0 Å². The predicted octanol–water partition coefficient (Wildman–Crippen LogP) is 2.92. The molecular formula is C18H32N4S. The summed E-state index contributed by atoms with van der Waals surface area (Å²) in [5.41, 5.74) is 0. The maximum Gasteiger partial charge on any atom is 0.193 e. The van der Waals surface area contributed by atoms with E-state index in [0.29, 0.717) is 0 Å². The molecule has 0 spiro atoms. The van der Waals surface area contributed by atoms with Crippen molar-refractivity contribution >= 4 is 17.3 Å². The van der Waals surface area contributed by atoms with Gasteiger partial charge >= 0.3 is 0 Å². The molecule has 0 radical (unpaired) electrons. The first-order valence-electron chi connectivity index (χ1n) is 8.85. The highest BCUT2D eigenvalue weighted by atomic mass is 32.1. The fourth-order valence-corrected chi connectivity index (χ4v) is 3.71. The Morgan fingerprint density at radius 1 is 1.43 bits per heavy atom. The molecule has 1 aromatic heterocycles. The van der Waals surface area contributed by atoms with Gasteiger partial charge in [-0.1, -0.05) is 13.0 Å². The highest BCUT2D eigenvalue weighted by Gasteiger charge is 2.14. The first-order chi connectivity index (χ1) is 11.2. The van der Waals surface area contributed by atoms with Crippen molar-refractivity contribution in [1.29, 1.82) is 0 Å². The molecule has 2 heterocycles. The Balaban J connectivity index is 1.60. The molecule has 0 amide bonds. The highest BCUT2D eigenvalue weighted by molar-refractivity contribution is 7.09. The molecule has 1 aliphatic heterocycles. The second-order valence-corrected chi connectivity index (χ2v) is 7.63. The van der Waals surface area contributed by atoms with E-state index in [2.05, 4.69) is 51.6 Å². The summed E-state index contributed by atoms with van der Waals surface area (Å²) in [6.07, 6.45) is 4.99. The molecule has 1 saturated heterocycles. The van der Waals surface area contributed by atoms with Gasteiger partial charge in [0.1, 0.15) is 0 Å². The minimum atomic E-state index is 0.917. The van der Waals surface area contributed by atoms with Gasteiger partial charge in [-0.25, -0.2) is 0 Å². The lowest BCUT2D eigenvalue weighted by Crippen LogP contribution is -2.41. The fourth-order valence-electron chi connectivity index (χ4n) is 3.01. The average Bonchev–Trinajstić information content (AvgIpc) is 3.08. The monoisotopic (exact) mass is 336 g/mol. The number of rotatable bonds is 7. The van der Waals surface area contributed by atoms with Crippen LogP contribution in [0.3, 0.4) is 0 Å². The smallest absolute Gasteiger partial charge is 0.193 e. The molecule has 5 heteroatoms. The van der Waals surface area contributed by atoms with Crippen LogP contribution in [0.15, 0.2) is 22.5 Å². The van der Waals surface area contributed by atoms with Crippen LogP contribution in [0.4, 0.5) is 0 Å². The van der Waals surface area contributed by atoms with Crippen LogP contribution < -0.4 is 5.32 Å². The molecule has 0 bridgehead atoms. The van der Waals surface area contributed by atoms with Gasteiger partial charge in [0.15, 0.2) is 5.96 Å². The Labute approximate surface area is 145 Å². The molecule has 2 rings (SSSR count). The quantitative estimate of drug-likeness (QED) is 0.472. The Bertz CT molecular complexity index is 450. The minimum Gasteiger partial charge on any atom is -0.356 e. The van der Waals surface area contributed by atoms with Gasteiger partial charge in [-0.3, -0.25) is 4.99 Å². The molecule has 1 aliphatic rings. The molecule has 0 aromatic carbocycles. The topological polar surface area (TPSA) is 30.9 Å².